The van der Waals surface area contributed by atoms with Gasteiger partial charge in [-0.05, 0) is 24.5 Å². The fourth-order valence-corrected chi connectivity index (χ4v) is 4.76. The number of benzene rings is 2. The van der Waals surface area contributed by atoms with Crippen molar-refractivity contribution in [1.29, 1.82) is 0 Å². The van der Waals surface area contributed by atoms with Gasteiger partial charge in [-0.2, -0.15) is 0 Å². The van der Waals surface area contributed by atoms with Gasteiger partial charge in [-0.25, -0.2) is 34.0 Å². The number of aliphatic imine (C=N–C) groups is 1. The molecule has 1 saturated carbocycles. The highest BCUT2D eigenvalue weighted by atomic mass is 19.3. The van der Waals surface area contributed by atoms with E-state index < -0.39 is 24.5 Å². The number of ketones is 1. The minimum absolute atomic E-state index is 0.0404. The van der Waals surface area contributed by atoms with E-state index in [-0.39, 0.29) is 34.9 Å². The maximum Gasteiger partial charge on any atom is 0.335 e. The Morgan fingerprint density at radius 3 is 2.28 bits per heavy atom. The molecule has 6 rings (SSSR count). The lowest BCUT2D eigenvalue weighted by Crippen LogP contribution is -2.51. The van der Waals surface area contributed by atoms with Crippen molar-refractivity contribution in [2.24, 2.45) is 4.99 Å². The average Bonchev–Trinajstić information content (AvgIpc) is 3.89. The number of pyridine rings is 1. The van der Waals surface area contributed by atoms with E-state index in [1.165, 1.54) is 12.4 Å². The average molecular weight is 582 g/mol. The zero-order valence-electron chi connectivity index (χ0n) is 22.6. The molecule has 1 aliphatic heterocycles. The van der Waals surface area contributed by atoms with Gasteiger partial charge >= 0.3 is 6.03 Å². The van der Waals surface area contributed by atoms with E-state index in [2.05, 4.69) is 36.1 Å². The van der Waals surface area contributed by atoms with Crippen LogP contribution in [-0.2, 0) is 11.2 Å². The van der Waals surface area contributed by atoms with Crippen LogP contribution in [0.4, 0.5) is 13.6 Å². The standard InChI is InChI=1S/C31H25F2N7O3/c32-27(33)20-12-23(21-15-35-28(36-16-21)18-10-11-18)26(34-14-20)30(42)39-40-31(43)38-29-24(41)13-19-8-4-5-9-22(19)25(37-29)17-6-2-1-3-7-17/h1-9,12,14-16,18,27,29H,10-11,13H2,(H,39,42)(H2,38,40,43)/t29-/m1/s1. The fourth-order valence-electron chi connectivity index (χ4n) is 4.76. The molecule has 0 saturated heterocycles. The number of hydrogen-bond donors (Lipinski definition) is 3. The number of carbonyl (C=O) groups is 3. The second-order valence-corrected chi connectivity index (χ2v) is 10.2. The second-order valence-electron chi connectivity index (χ2n) is 10.2. The van der Waals surface area contributed by atoms with Gasteiger partial charge in [0.25, 0.3) is 12.3 Å². The number of Topliss-reactive ketones (excluding diaryl/α,β-unsaturated/α-hetero) is 1. The zero-order chi connectivity index (χ0) is 29.9. The maximum atomic E-state index is 13.5. The molecule has 3 N–H and O–H groups in total. The van der Waals surface area contributed by atoms with Crippen LogP contribution < -0.4 is 16.2 Å². The van der Waals surface area contributed by atoms with Gasteiger partial charge in [-0.3, -0.25) is 20.0 Å². The van der Waals surface area contributed by atoms with Crippen molar-refractivity contribution in [3.05, 3.63) is 113 Å². The van der Waals surface area contributed by atoms with Crippen LogP contribution in [0.3, 0.4) is 0 Å². The van der Waals surface area contributed by atoms with Crippen LogP contribution in [0.1, 0.15) is 63.8 Å². The Labute approximate surface area is 244 Å². The van der Waals surface area contributed by atoms with E-state index in [0.29, 0.717) is 17.1 Å². The van der Waals surface area contributed by atoms with Crippen LogP contribution in [0.15, 0.2) is 84.2 Å². The molecule has 1 atom stereocenters. The molecule has 2 aliphatic rings. The van der Waals surface area contributed by atoms with Gasteiger partial charge in [-0.15, -0.1) is 0 Å². The molecule has 0 bridgehead atoms. The monoisotopic (exact) mass is 581 g/mol. The summed E-state index contributed by atoms with van der Waals surface area (Å²) in [6.07, 6.45) is 1.78. The molecular formula is C31H25F2N7O3. The summed E-state index contributed by atoms with van der Waals surface area (Å²) in [7, 11) is 0. The number of hydrazine groups is 1. The summed E-state index contributed by atoms with van der Waals surface area (Å²) < 4.78 is 26.9. The molecule has 0 spiro atoms. The van der Waals surface area contributed by atoms with Crippen LogP contribution in [0.5, 0.6) is 0 Å². The minimum atomic E-state index is -2.82. The first kappa shape index (κ1) is 27.8. The quantitative estimate of drug-likeness (QED) is 0.291. The molecule has 12 heteroatoms. The van der Waals surface area contributed by atoms with Crippen molar-refractivity contribution in [2.75, 3.05) is 0 Å². The third-order valence-electron chi connectivity index (χ3n) is 7.11. The smallest absolute Gasteiger partial charge is 0.308 e. The molecule has 2 aromatic carbocycles. The van der Waals surface area contributed by atoms with Crippen molar-refractivity contribution in [3.63, 3.8) is 0 Å². The van der Waals surface area contributed by atoms with Crippen molar-refractivity contribution in [3.8, 4) is 11.1 Å². The first-order valence-electron chi connectivity index (χ1n) is 13.6. The van der Waals surface area contributed by atoms with Gasteiger partial charge in [-0.1, -0.05) is 54.6 Å². The van der Waals surface area contributed by atoms with Gasteiger partial charge in [0, 0.05) is 58.7 Å². The van der Waals surface area contributed by atoms with E-state index in [9.17, 15) is 23.2 Å². The molecule has 2 aromatic heterocycles. The maximum absolute atomic E-state index is 13.5. The number of halogens is 2. The zero-order valence-corrected chi connectivity index (χ0v) is 22.6. The largest absolute Gasteiger partial charge is 0.335 e. The van der Waals surface area contributed by atoms with E-state index in [1.807, 2.05) is 54.6 Å². The summed E-state index contributed by atoms with van der Waals surface area (Å²) in [5.41, 5.74) is 7.07. The van der Waals surface area contributed by atoms with E-state index >= 15 is 0 Å². The molecule has 1 fully saturated rings. The Morgan fingerprint density at radius 2 is 1.56 bits per heavy atom. The second kappa shape index (κ2) is 11.8. The lowest BCUT2D eigenvalue weighted by Gasteiger charge is -2.15. The normalized spacial score (nSPS) is 16.1. The van der Waals surface area contributed by atoms with Gasteiger partial charge in [0.2, 0.25) is 0 Å². The van der Waals surface area contributed by atoms with E-state index in [4.69, 9.17) is 0 Å². The Hall–Kier alpha value is -5.39. The number of amides is 3. The number of nitrogens with zero attached hydrogens (tertiary/aromatic N) is 4. The minimum Gasteiger partial charge on any atom is -0.308 e. The lowest BCUT2D eigenvalue weighted by molar-refractivity contribution is -0.120. The van der Waals surface area contributed by atoms with Gasteiger partial charge < -0.3 is 5.32 Å². The number of nitrogens with one attached hydrogen (secondary N) is 3. The Morgan fingerprint density at radius 1 is 0.837 bits per heavy atom. The predicted molar refractivity (Wildman–Crippen MR) is 152 cm³/mol. The summed E-state index contributed by atoms with van der Waals surface area (Å²) in [6.45, 7) is 0. The molecule has 3 amide bonds. The Balaban J connectivity index is 1.19. The number of rotatable bonds is 6. The van der Waals surface area contributed by atoms with Gasteiger partial charge in [0.05, 0.1) is 5.71 Å². The van der Waals surface area contributed by atoms with Crippen molar-refractivity contribution in [1.82, 2.24) is 31.1 Å². The summed E-state index contributed by atoms with van der Waals surface area (Å²) in [5, 5.41) is 2.50. The highest BCUT2D eigenvalue weighted by molar-refractivity contribution is 6.16. The molecule has 216 valence electrons. The summed E-state index contributed by atoms with van der Waals surface area (Å²) in [5.74, 6) is -0.278. The Kier molecular flexibility index (Phi) is 7.65. The molecule has 0 radical (unpaired) electrons. The van der Waals surface area contributed by atoms with Crippen LogP contribution >= 0.6 is 0 Å². The van der Waals surface area contributed by atoms with Crippen molar-refractivity contribution < 1.29 is 23.2 Å². The lowest BCUT2D eigenvalue weighted by atomic mass is 9.96. The van der Waals surface area contributed by atoms with Crippen LogP contribution in [-0.4, -0.2) is 44.6 Å². The topological polar surface area (TPSA) is 138 Å². The number of urea groups is 1. The number of aromatic nitrogens is 3. The first-order valence-corrected chi connectivity index (χ1v) is 13.6. The predicted octanol–water partition coefficient (Wildman–Crippen LogP) is 4.29. The van der Waals surface area contributed by atoms with E-state index in [0.717, 1.165) is 41.8 Å². The molecule has 0 unspecified atom stereocenters. The van der Waals surface area contributed by atoms with Crippen LogP contribution in [0.25, 0.3) is 11.1 Å². The molecule has 3 heterocycles. The highest BCUT2D eigenvalue weighted by Crippen LogP contribution is 2.38. The molecule has 43 heavy (non-hydrogen) atoms. The van der Waals surface area contributed by atoms with Crippen LogP contribution in [0.2, 0.25) is 0 Å². The SMILES string of the molecule is O=C(NNC(=O)c1ncc(C(F)F)cc1-c1cnc(C2CC2)nc1)N[C@H]1N=C(c2ccccc2)c2ccccc2CC1=O. The van der Waals surface area contributed by atoms with E-state index in [1.54, 1.807) is 0 Å². The molecular weight excluding hydrogens is 556 g/mol. The van der Waals surface area contributed by atoms with Crippen molar-refractivity contribution in [2.45, 2.75) is 37.8 Å². The number of fused-ring (bicyclic) bond motifs is 1. The van der Waals surface area contributed by atoms with Gasteiger partial charge in [0.1, 0.15) is 11.5 Å². The molecule has 4 aromatic rings. The highest BCUT2D eigenvalue weighted by Gasteiger charge is 2.28. The van der Waals surface area contributed by atoms with Crippen LogP contribution in [0, 0.1) is 0 Å². The number of hydrogen-bond acceptors (Lipinski definition) is 7. The van der Waals surface area contributed by atoms with Gasteiger partial charge in [0.15, 0.2) is 11.9 Å². The summed E-state index contributed by atoms with van der Waals surface area (Å²) in [6, 6.07) is 16.9. The number of alkyl halides is 2. The fraction of sp³-hybridized carbons (Fsp3) is 0.194. The first-order chi connectivity index (χ1) is 20.9. The summed E-state index contributed by atoms with van der Waals surface area (Å²) in [4.78, 5) is 56.1. The molecule has 10 nitrogen and oxygen atoms in total. The third-order valence-corrected chi connectivity index (χ3v) is 7.11. The number of carbonyl (C=O) groups excluding carboxylic acids is 3. The third kappa shape index (κ3) is 6.13. The summed E-state index contributed by atoms with van der Waals surface area (Å²) >= 11 is 0. The Bertz CT molecular complexity index is 1730. The molecule has 1 aliphatic carbocycles. The van der Waals surface area contributed by atoms with Crippen molar-refractivity contribution >= 4 is 23.4 Å².